The van der Waals surface area contributed by atoms with E-state index in [0.29, 0.717) is 13.0 Å². The number of carbonyl (C=O) groups is 1. The highest BCUT2D eigenvalue weighted by molar-refractivity contribution is 5.69. The zero-order valence-electron chi connectivity index (χ0n) is 36.3. The average Bonchev–Trinajstić information content (AvgIpc) is 3.21. The third kappa shape index (κ3) is 30.8. The highest BCUT2D eigenvalue weighted by Crippen LogP contribution is 2.22. The number of esters is 1. The second-order valence-corrected chi connectivity index (χ2v) is 15.8. The fourth-order valence-electron chi connectivity index (χ4n) is 6.89. The van der Waals surface area contributed by atoms with Crippen LogP contribution in [-0.2, 0) is 23.7 Å². The van der Waals surface area contributed by atoms with Crippen LogP contribution in [0.2, 0.25) is 0 Å². The molecule has 0 spiro atoms. The lowest BCUT2D eigenvalue weighted by Crippen LogP contribution is -2.59. The van der Waals surface area contributed by atoms with E-state index >= 15 is 0 Å². The van der Waals surface area contributed by atoms with E-state index in [4.69, 9.17) is 18.9 Å². The van der Waals surface area contributed by atoms with Gasteiger partial charge >= 0.3 is 5.97 Å². The van der Waals surface area contributed by atoms with Crippen LogP contribution in [0.5, 0.6) is 0 Å². The lowest BCUT2D eigenvalue weighted by molar-refractivity contribution is -0.305. The molecule has 0 aromatic carbocycles. The summed E-state index contributed by atoms with van der Waals surface area (Å²) in [5.41, 5.74) is 0. The molecule has 1 aliphatic heterocycles. The van der Waals surface area contributed by atoms with Gasteiger partial charge in [-0.25, -0.2) is 0 Å². The normalized spacial score (nSPS) is 20.8. The van der Waals surface area contributed by atoms with Gasteiger partial charge in [0.2, 0.25) is 0 Å². The number of ether oxygens (including phenoxy) is 4. The highest BCUT2D eigenvalue weighted by Gasteiger charge is 2.44. The van der Waals surface area contributed by atoms with Gasteiger partial charge in [-0.05, 0) is 51.4 Å². The van der Waals surface area contributed by atoms with Crippen LogP contribution in [0.3, 0.4) is 0 Å². The zero-order chi connectivity index (χ0) is 41.4. The molecule has 0 radical (unpaired) electrons. The Hall–Kier alpha value is -1.85. The number of hydrogen-bond donors (Lipinski definition) is 4. The van der Waals surface area contributed by atoms with Gasteiger partial charge in [-0.3, -0.25) is 4.79 Å². The molecule has 1 heterocycles. The maximum atomic E-state index is 12.8. The van der Waals surface area contributed by atoms with E-state index in [1.165, 1.54) is 109 Å². The average molecular weight is 807 g/mol. The van der Waals surface area contributed by atoms with Crippen LogP contribution in [-0.4, -0.2) is 89.6 Å². The van der Waals surface area contributed by atoms with Crippen molar-refractivity contribution in [3.63, 3.8) is 0 Å². The minimum absolute atomic E-state index is 0.129. The van der Waals surface area contributed by atoms with Crippen molar-refractivity contribution in [3.8, 4) is 0 Å². The second-order valence-electron chi connectivity index (χ2n) is 15.8. The molecule has 6 atom stereocenters. The number of carbonyl (C=O) groups excluding carboxylic acids is 1. The van der Waals surface area contributed by atoms with Gasteiger partial charge in [-0.15, -0.1) is 0 Å². The molecule has 1 saturated heterocycles. The van der Waals surface area contributed by atoms with Gasteiger partial charge in [-0.1, -0.05) is 178 Å². The summed E-state index contributed by atoms with van der Waals surface area (Å²) in [4.78, 5) is 12.8. The van der Waals surface area contributed by atoms with Crippen LogP contribution < -0.4 is 0 Å². The van der Waals surface area contributed by atoms with E-state index in [-0.39, 0.29) is 25.6 Å². The minimum Gasteiger partial charge on any atom is -0.457 e. The molecule has 0 saturated carbocycles. The first kappa shape index (κ1) is 53.2. The maximum Gasteiger partial charge on any atom is 0.306 e. The van der Waals surface area contributed by atoms with Crippen LogP contribution in [0.1, 0.15) is 187 Å². The van der Waals surface area contributed by atoms with Crippen LogP contribution in [0.25, 0.3) is 0 Å². The van der Waals surface area contributed by atoms with Gasteiger partial charge in [0.1, 0.15) is 30.5 Å². The Bertz CT molecular complexity index is 1010. The van der Waals surface area contributed by atoms with Crippen molar-refractivity contribution in [3.05, 3.63) is 48.6 Å². The molecule has 0 amide bonds. The smallest absolute Gasteiger partial charge is 0.306 e. The molecule has 57 heavy (non-hydrogen) atoms. The molecule has 6 unspecified atom stereocenters. The summed E-state index contributed by atoms with van der Waals surface area (Å²) in [6, 6.07) is 0. The molecule has 0 aromatic rings. The molecule has 332 valence electrons. The Morgan fingerprint density at radius 3 is 1.58 bits per heavy atom. The summed E-state index contributed by atoms with van der Waals surface area (Å²) in [6.07, 6.45) is 41.4. The SMILES string of the molecule is CC/C=C\C/C=C\C/C=C\C/C=C\CCCCC(=O)OC(COCCCCCCCCCCCCCCCCCCCCC)COC1OC(CO)C(O)C(O)C1O. The summed E-state index contributed by atoms with van der Waals surface area (Å²) in [6.45, 7) is 4.41. The molecular formula is C48H86O9. The van der Waals surface area contributed by atoms with Crippen molar-refractivity contribution in [1.29, 1.82) is 0 Å². The van der Waals surface area contributed by atoms with Crippen molar-refractivity contribution in [2.45, 2.75) is 224 Å². The summed E-state index contributed by atoms with van der Waals surface area (Å²) in [5, 5.41) is 40.1. The molecule has 1 rings (SSSR count). The number of rotatable bonds is 39. The van der Waals surface area contributed by atoms with Crippen LogP contribution in [0.15, 0.2) is 48.6 Å². The lowest BCUT2D eigenvalue weighted by atomic mass is 9.99. The van der Waals surface area contributed by atoms with Gasteiger partial charge in [0.15, 0.2) is 6.29 Å². The van der Waals surface area contributed by atoms with E-state index in [9.17, 15) is 25.2 Å². The molecule has 1 aliphatic rings. The first-order valence-electron chi connectivity index (χ1n) is 23.2. The van der Waals surface area contributed by atoms with Gasteiger partial charge in [-0.2, -0.15) is 0 Å². The molecule has 9 heteroatoms. The quantitative estimate of drug-likeness (QED) is 0.0272. The minimum atomic E-state index is -1.54. The van der Waals surface area contributed by atoms with Crippen molar-refractivity contribution >= 4 is 5.97 Å². The Balaban J connectivity index is 2.26. The first-order chi connectivity index (χ1) is 27.9. The third-order valence-corrected chi connectivity index (χ3v) is 10.5. The Morgan fingerprint density at radius 1 is 0.579 bits per heavy atom. The predicted molar refractivity (Wildman–Crippen MR) is 233 cm³/mol. The topological polar surface area (TPSA) is 135 Å². The van der Waals surface area contributed by atoms with Crippen LogP contribution >= 0.6 is 0 Å². The largest absolute Gasteiger partial charge is 0.457 e. The van der Waals surface area contributed by atoms with Crippen molar-refractivity contribution in [1.82, 2.24) is 0 Å². The van der Waals surface area contributed by atoms with Crippen LogP contribution in [0.4, 0.5) is 0 Å². The highest BCUT2D eigenvalue weighted by atomic mass is 16.7. The summed E-state index contributed by atoms with van der Waals surface area (Å²) < 4.78 is 22.8. The van der Waals surface area contributed by atoms with E-state index in [1.54, 1.807) is 0 Å². The summed E-state index contributed by atoms with van der Waals surface area (Å²) >= 11 is 0. The summed E-state index contributed by atoms with van der Waals surface area (Å²) in [5.74, 6) is -0.352. The number of aliphatic hydroxyl groups excluding tert-OH is 4. The molecule has 0 bridgehead atoms. The number of hydrogen-bond acceptors (Lipinski definition) is 9. The fourth-order valence-corrected chi connectivity index (χ4v) is 6.89. The van der Waals surface area contributed by atoms with Crippen LogP contribution in [0, 0.1) is 0 Å². The molecule has 9 nitrogen and oxygen atoms in total. The maximum absolute atomic E-state index is 12.8. The monoisotopic (exact) mass is 807 g/mol. The number of allylic oxidation sites excluding steroid dienone is 8. The predicted octanol–water partition coefficient (Wildman–Crippen LogP) is 10.5. The van der Waals surface area contributed by atoms with E-state index in [1.807, 2.05) is 0 Å². The Kier molecular flexibility index (Phi) is 36.9. The van der Waals surface area contributed by atoms with Gasteiger partial charge in [0, 0.05) is 13.0 Å². The zero-order valence-corrected chi connectivity index (χ0v) is 36.3. The van der Waals surface area contributed by atoms with E-state index < -0.39 is 43.4 Å². The number of aliphatic hydroxyl groups is 4. The molecule has 1 fully saturated rings. The first-order valence-corrected chi connectivity index (χ1v) is 23.2. The standard InChI is InChI=1S/C48H86O9/c1-3-5-7-9-11-13-15-17-19-20-21-22-24-26-28-30-32-34-36-38-54-40-42(41-55-48-47(53)46(52)45(51)43(39-49)57-48)56-44(50)37-35-33-31-29-27-25-23-18-16-14-12-10-8-6-4-2/h6,8,12,14,18,23,27,29,42-43,45-49,51-53H,3-5,7,9-11,13,15-17,19-22,24-26,28,30-41H2,1-2H3/b8-6-,14-12-,23-18-,29-27-. The lowest BCUT2D eigenvalue weighted by Gasteiger charge is -2.39. The van der Waals surface area contributed by atoms with E-state index in [0.717, 1.165) is 51.4 Å². The van der Waals surface area contributed by atoms with Crippen molar-refractivity contribution < 1.29 is 44.2 Å². The van der Waals surface area contributed by atoms with Gasteiger partial charge in [0.25, 0.3) is 0 Å². The third-order valence-electron chi connectivity index (χ3n) is 10.5. The molecular weight excluding hydrogens is 721 g/mol. The fraction of sp³-hybridized carbons (Fsp3) is 0.812. The van der Waals surface area contributed by atoms with Gasteiger partial charge in [0.05, 0.1) is 19.8 Å². The molecule has 4 N–H and O–H groups in total. The van der Waals surface area contributed by atoms with Crippen molar-refractivity contribution in [2.75, 3.05) is 26.4 Å². The molecule has 0 aromatic heterocycles. The van der Waals surface area contributed by atoms with E-state index in [2.05, 4.69) is 62.5 Å². The Labute approximate surface area is 348 Å². The second kappa shape index (κ2) is 39.6. The number of unbranched alkanes of at least 4 members (excludes halogenated alkanes) is 20. The van der Waals surface area contributed by atoms with Crippen molar-refractivity contribution in [2.24, 2.45) is 0 Å². The Morgan fingerprint density at radius 2 is 1.07 bits per heavy atom. The molecule has 0 aliphatic carbocycles. The van der Waals surface area contributed by atoms with Gasteiger partial charge < -0.3 is 39.4 Å². The summed E-state index contributed by atoms with van der Waals surface area (Å²) in [7, 11) is 0.